The van der Waals surface area contributed by atoms with E-state index in [2.05, 4.69) is 10.6 Å². The van der Waals surface area contributed by atoms with Gasteiger partial charge in [-0.05, 0) is 29.8 Å². The summed E-state index contributed by atoms with van der Waals surface area (Å²) in [5.41, 5.74) is 1.34. The fraction of sp³-hybridized carbons (Fsp3) is 0.118. The van der Waals surface area contributed by atoms with Crippen LogP contribution in [-0.4, -0.2) is 15.9 Å². The molecule has 0 aliphatic carbocycles. The fourth-order valence-corrected chi connectivity index (χ4v) is 2.68. The Morgan fingerprint density at radius 3 is 2.32 bits per heavy atom. The van der Waals surface area contributed by atoms with E-state index in [0.29, 0.717) is 15.7 Å². The Kier molecular flexibility index (Phi) is 7.29. The third kappa shape index (κ3) is 6.61. The van der Waals surface area contributed by atoms with E-state index in [4.69, 9.17) is 58.0 Å². The molecule has 0 heterocycles. The number of carbonyl (C=O) groups excluding carboxylic acids is 1. The molecule has 132 valence electrons. The average Bonchev–Trinajstić information content (AvgIpc) is 2.54. The molecule has 1 atom stereocenters. The molecule has 8 heteroatoms. The Morgan fingerprint density at radius 1 is 1.04 bits per heavy atom. The molecule has 2 rings (SSSR count). The maximum Gasteiger partial charge on any atom is 0.245 e. The van der Waals surface area contributed by atoms with E-state index in [9.17, 15) is 4.79 Å². The molecule has 0 saturated carbocycles. The molecule has 0 fully saturated rings. The van der Waals surface area contributed by atoms with Crippen LogP contribution in [0.15, 0.2) is 54.6 Å². The van der Waals surface area contributed by atoms with Gasteiger partial charge < -0.3 is 10.6 Å². The van der Waals surface area contributed by atoms with Gasteiger partial charge >= 0.3 is 0 Å². The van der Waals surface area contributed by atoms with Crippen LogP contribution in [0, 0.1) is 0 Å². The van der Waals surface area contributed by atoms with Crippen molar-refractivity contribution in [3.63, 3.8) is 0 Å². The Labute approximate surface area is 170 Å². The van der Waals surface area contributed by atoms with Crippen LogP contribution >= 0.6 is 58.0 Å². The van der Waals surface area contributed by atoms with Crippen molar-refractivity contribution in [3.05, 3.63) is 70.2 Å². The smallest absolute Gasteiger partial charge is 0.245 e. The summed E-state index contributed by atoms with van der Waals surface area (Å²) in [6.45, 7) is 0. The van der Waals surface area contributed by atoms with Crippen LogP contribution in [0.25, 0.3) is 6.08 Å². The second kappa shape index (κ2) is 9.02. The van der Waals surface area contributed by atoms with E-state index in [1.54, 1.807) is 18.2 Å². The number of benzene rings is 2. The highest BCUT2D eigenvalue weighted by atomic mass is 35.6. The van der Waals surface area contributed by atoms with E-state index in [1.807, 2.05) is 30.3 Å². The molecule has 0 bridgehead atoms. The first-order valence-corrected chi connectivity index (χ1v) is 8.96. The molecule has 0 radical (unpaired) electrons. The van der Waals surface area contributed by atoms with E-state index >= 15 is 0 Å². The monoisotopic (exact) mass is 436 g/mol. The highest BCUT2D eigenvalue weighted by Crippen LogP contribution is 2.33. The highest BCUT2D eigenvalue weighted by molar-refractivity contribution is 6.68. The van der Waals surface area contributed by atoms with Gasteiger partial charge in [-0.2, -0.15) is 0 Å². The summed E-state index contributed by atoms with van der Waals surface area (Å²) in [5, 5.41) is 6.29. The number of rotatable bonds is 5. The Morgan fingerprint density at radius 2 is 1.72 bits per heavy atom. The number of alkyl halides is 3. The molecule has 3 nitrogen and oxygen atoms in total. The van der Waals surface area contributed by atoms with E-state index in [0.717, 1.165) is 5.56 Å². The van der Waals surface area contributed by atoms with E-state index in [1.165, 1.54) is 12.1 Å². The second-order valence-electron chi connectivity index (χ2n) is 5.00. The summed E-state index contributed by atoms with van der Waals surface area (Å²) in [6.07, 6.45) is 1.99. The van der Waals surface area contributed by atoms with Gasteiger partial charge in [0.05, 0.1) is 10.7 Å². The maximum atomic E-state index is 12.1. The zero-order valence-electron chi connectivity index (χ0n) is 12.6. The molecule has 2 aromatic carbocycles. The molecule has 0 aliphatic rings. The topological polar surface area (TPSA) is 41.1 Å². The summed E-state index contributed by atoms with van der Waals surface area (Å²) in [5.74, 6) is -0.433. The molecule has 1 amide bonds. The minimum atomic E-state index is -1.81. The number of nitrogens with one attached hydrogen (secondary N) is 2. The van der Waals surface area contributed by atoms with Gasteiger partial charge in [-0.1, -0.05) is 88.3 Å². The number of halogens is 5. The number of carbonyl (C=O) groups is 1. The van der Waals surface area contributed by atoms with Crippen molar-refractivity contribution in [1.82, 2.24) is 5.32 Å². The van der Waals surface area contributed by atoms with Crippen molar-refractivity contribution < 1.29 is 4.79 Å². The van der Waals surface area contributed by atoms with Crippen LogP contribution in [-0.2, 0) is 4.79 Å². The van der Waals surface area contributed by atoms with Crippen molar-refractivity contribution in [2.75, 3.05) is 5.32 Å². The van der Waals surface area contributed by atoms with Crippen molar-refractivity contribution in [2.24, 2.45) is 0 Å². The summed E-state index contributed by atoms with van der Waals surface area (Å²) in [6, 6.07) is 14.1. The van der Waals surface area contributed by atoms with Gasteiger partial charge in [0, 0.05) is 11.1 Å². The van der Waals surface area contributed by atoms with Crippen LogP contribution in [0.2, 0.25) is 10.0 Å². The average molecular weight is 439 g/mol. The lowest BCUT2D eigenvalue weighted by atomic mass is 10.2. The van der Waals surface area contributed by atoms with Gasteiger partial charge in [0.25, 0.3) is 0 Å². The summed E-state index contributed by atoms with van der Waals surface area (Å²) in [4.78, 5) is 12.1. The highest BCUT2D eigenvalue weighted by Gasteiger charge is 2.34. The Hall–Kier alpha value is -1.10. The molecule has 0 aliphatic heterocycles. The molecule has 0 saturated heterocycles. The number of anilines is 1. The largest absolute Gasteiger partial charge is 0.361 e. The summed E-state index contributed by atoms with van der Waals surface area (Å²) >= 11 is 29.8. The van der Waals surface area contributed by atoms with Gasteiger partial charge in [0.2, 0.25) is 9.70 Å². The lowest BCUT2D eigenvalue weighted by Gasteiger charge is -2.27. The third-order valence-electron chi connectivity index (χ3n) is 3.07. The van der Waals surface area contributed by atoms with Gasteiger partial charge in [-0.15, -0.1) is 0 Å². The predicted molar refractivity (Wildman–Crippen MR) is 108 cm³/mol. The van der Waals surface area contributed by atoms with E-state index in [-0.39, 0.29) is 0 Å². The molecule has 25 heavy (non-hydrogen) atoms. The van der Waals surface area contributed by atoms with Crippen LogP contribution in [0.5, 0.6) is 0 Å². The van der Waals surface area contributed by atoms with Crippen LogP contribution in [0.1, 0.15) is 5.56 Å². The van der Waals surface area contributed by atoms with Gasteiger partial charge in [0.1, 0.15) is 6.17 Å². The molecular weight excluding hydrogens is 425 g/mol. The van der Waals surface area contributed by atoms with Gasteiger partial charge in [-0.25, -0.2) is 0 Å². The van der Waals surface area contributed by atoms with Crippen molar-refractivity contribution in [1.29, 1.82) is 0 Å². The zero-order chi connectivity index (χ0) is 18.4. The first-order chi connectivity index (χ1) is 11.8. The summed E-state index contributed by atoms with van der Waals surface area (Å²) in [7, 11) is 0. The lowest BCUT2D eigenvalue weighted by molar-refractivity contribution is -0.116. The molecule has 2 aromatic rings. The first kappa shape index (κ1) is 20.2. The van der Waals surface area contributed by atoms with Gasteiger partial charge in [0.15, 0.2) is 0 Å². The van der Waals surface area contributed by atoms with Gasteiger partial charge in [-0.3, -0.25) is 4.79 Å². The van der Waals surface area contributed by atoms with E-state index < -0.39 is 15.9 Å². The molecule has 2 N–H and O–H groups in total. The minimum absolute atomic E-state index is 0.334. The zero-order valence-corrected chi connectivity index (χ0v) is 16.4. The van der Waals surface area contributed by atoms with Crippen molar-refractivity contribution in [2.45, 2.75) is 9.96 Å². The van der Waals surface area contributed by atoms with Crippen LogP contribution < -0.4 is 10.6 Å². The number of hydrogen-bond acceptors (Lipinski definition) is 2. The Bertz CT molecular complexity index is 759. The van der Waals surface area contributed by atoms with Crippen LogP contribution in [0.3, 0.4) is 0 Å². The Balaban J connectivity index is 2.10. The first-order valence-electron chi connectivity index (χ1n) is 7.07. The molecule has 0 unspecified atom stereocenters. The number of hydrogen-bond donors (Lipinski definition) is 2. The third-order valence-corrected chi connectivity index (χ3v) is 4.27. The normalized spacial score (nSPS) is 12.8. The lowest BCUT2D eigenvalue weighted by Crippen LogP contribution is -2.48. The second-order valence-corrected chi connectivity index (χ2v) is 8.21. The molecule has 0 spiro atoms. The minimum Gasteiger partial charge on any atom is -0.361 e. The SMILES string of the molecule is O=C(/C=C/c1ccccc1)N[C@H](Nc1ccc(Cl)cc1Cl)C(Cl)(Cl)Cl. The fourth-order valence-electron chi connectivity index (χ4n) is 1.89. The molecule has 0 aromatic heterocycles. The van der Waals surface area contributed by atoms with Crippen molar-refractivity contribution in [3.8, 4) is 0 Å². The summed E-state index contributed by atoms with van der Waals surface area (Å²) < 4.78 is -1.81. The predicted octanol–water partition coefficient (Wildman–Crippen LogP) is 5.93. The quantitative estimate of drug-likeness (QED) is 0.345. The standard InChI is InChI=1S/C17H13Cl5N2O/c18-12-7-8-14(13(19)10-12)23-16(17(20,21)22)24-15(25)9-6-11-4-2-1-3-5-11/h1-10,16,23H,(H,24,25)/b9-6+/t16-/m0/s1. The van der Waals surface area contributed by atoms with Crippen molar-refractivity contribution >= 4 is 75.7 Å². The maximum absolute atomic E-state index is 12.1. The number of amides is 1. The molecular formula is C17H13Cl5N2O. The van der Waals surface area contributed by atoms with Crippen LogP contribution in [0.4, 0.5) is 5.69 Å².